The molecule has 0 spiro atoms. The van der Waals surface area contributed by atoms with E-state index in [4.69, 9.17) is 11.6 Å². The van der Waals surface area contributed by atoms with Crippen molar-refractivity contribution in [2.45, 2.75) is 6.92 Å². The maximum Gasteiger partial charge on any atom is 0.0371 e. The van der Waals surface area contributed by atoms with Gasteiger partial charge in [0.15, 0.2) is 0 Å². The van der Waals surface area contributed by atoms with Gasteiger partial charge in [-0.2, -0.15) is 0 Å². The first-order chi connectivity index (χ1) is 5.83. The van der Waals surface area contributed by atoms with Crippen molar-refractivity contribution in [2.75, 3.05) is 17.7 Å². The molecule has 1 unspecified atom stereocenters. The molecule has 0 aliphatic heterocycles. The highest BCUT2D eigenvalue weighted by Gasteiger charge is 1.98. The third-order valence-corrected chi connectivity index (χ3v) is 2.13. The fourth-order valence-corrected chi connectivity index (χ4v) is 0.926. The first-order valence-electron chi connectivity index (χ1n) is 4.03. The smallest absolute Gasteiger partial charge is 0.0371 e. The number of rotatable bonds is 4. The quantitative estimate of drug-likeness (QED) is 0.727. The molecule has 0 fully saturated rings. The van der Waals surface area contributed by atoms with Gasteiger partial charge in [-0.05, 0) is 18.1 Å². The van der Waals surface area contributed by atoms with Crippen LogP contribution in [0, 0.1) is 5.92 Å². The van der Waals surface area contributed by atoms with Crippen LogP contribution in [0.15, 0.2) is 24.5 Å². The van der Waals surface area contributed by atoms with Crippen molar-refractivity contribution in [1.82, 2.24) is 4.98 Å². The average molecular weight is 185 g/mol. The lowest BCUT2D eigenvalue weighted by atomic mass is 10.2. The van der Waals surface area contributed by atoms with E-state index in [1.54, 1.807) is 12.4 Å². The van der Waals surface area contributed by atoms with Gasteiger partial charge in [-0.25, -0.2) is 0 Å². The summed E-state index contributed by atoms with van der Waals surface area (Å²) in [6, 6.07) is 3.89. The fourth-order valence-electron chi connectivity index (χ4n) is 0.816. The molecule has 0 amide bonds. The third kappa shape index (κ3) is 3.09. The number of halogens is 1. The Balaban J connectivity index is 2.33. The van der Waals surface area contributed by atoms with E-state index in [1.165, 1.54) is 0 Å². The number of alkyl halides is 1. The minimum atomic E-state index is 0.500. The van der Waals surface area contributed by atoms with Crippen molar-refractivity contribution in [3.63, 3.8) is 0 Å². The Kier molecular flexibility index (Phi) is 3.88. The molecular formula is C9H13ClN2. The molecule has 0 aromatic carbocycles. The molecule has 0 saturated carbocycles. The Morgan fingerprint density at radius 3 is 2.75 bits per heavy atom. The van der Waals surface area contributed by atoms with Gasteiger partial charge in [-0.1, -0.05) is 6.92 Å². The highest BCUT2D eigenvalue weighted by molar-refractivity contribution is 6.18. The lowest BCUT2D eigenvalue weighted by Crippen LogP contribution is -2.12. The zero-order valence-electron chi connectivity index (χ0n) is 7.13. The third-order valence-electron chi connectivity index (χ3n) is 1.60. The van der Waals surface area contributed by atoms with Gasteiger partial charge in [-0.15, -0.1) is 11.6 Å². The zero-order chi connectivity index (χ0) is 8.81. The van der Waals surface area contributed by atoms with Gasteiger partial charge in [0.25, 0.3) is 0 Å². The average Bonchev–Trinajstić information content (AvgIpc) is 2.16. The largest absolute Gasteiger partial charge is 0.385 e. The van der Waals surface area contributed by atoms with E-state index in [9.17, 15) is 0 Å². The van der Waals surface area contributed by atoms with Crippen LogP contribution in [0.2, 0.25) is 0 Å². The van der Waals surface area contributed by atoms with Gasteiger partial charge < -0.3 is 5.32 Å². The second-order valence-electron chi connectivity index (χ2n) is 2.88. The second-order valence-corrected chi connectivity index (χ2v) is 3.18. The summed E-state index contributed by atoms with van der Waals surface area (Å²) >= 11 is 5.67. The molecule has 1 rings (SSSR count). The Labute approximate surface area is 78.0 Å². The van der Waals surface area contributed by atoms with E-state index in [1.807, 2.05) is 12.1 Å². The molecule has 2 nitrogen and oxygen atoms in total. The molecule has 0 radical (unpaired) electrons. The number of anilines is 1. The number of hydrogen-bond acceptors (Lipinski definition) is 2. The summed E-state index contributed by atoms with van der Waals surface area (Å²) in [5.41, 5.74) is 1.10. The summed E-state index contributed by atoms with van der Waals surface area (Å²) in [5.74, 6) is 1.19. The first kappa shape index (κ1) is 9.33. The summed E-state index contributed by atoms with van der Waals surface area (Å²) in [6.07, 6.45) is 3.54. The lowest BCUT2D eigenvalue weighted by molar-refractivity contribution is 0.696. The highest BCUT2D eigenvalue weighted by Crippen LogP contribution is 2.05. The van der Waals surface area contributed by atoms with Gasteiger partial charge in [0.2, 0.25) is 0 Å². The van der Waals surface area contributed by atoms with Crippen LogP contribution in [-0.4, -0.2) is 17.4 Å². The van der Waals surface area contributed by atoms with Crippen LogP contribution in [0.1, 0.15) is 6.92 Å². The van der Waals surface area contributed by atoms with E-state index >= 15 is 0 Å². The van der Waals surface area contributed by atoms with Gasteiger partial charge in [-0.3, -0.25) is 4.98 Å². The molecule has 12 heavy (non-hydrogen) atoms. The Hall–Kier alpha value is -0.760. The minimum Gasteiger partial charge on any atom is -0.385 e. The van der Waals surface area contributed by atoms with Crippen LogP contribution in [0.4, 0.5) is 5.69 Å². The van der Waals surface area contributed by atoms with Gasteiger partial charge >= 0.3 is 0 Å². The van der Waals surface area contributed by atoms with E-state index in [-0.39, 0.29) is 0 Å². The van der Waals surface area contributed by atoms with Crippen molar-refractivity contribution in [2.24, 2.45) is 5.92 Å². The predicted octanol–water partition coefficient (Wildman–Crippen LogP) is 2.37. The lowest BCUT2D eigenvalue weighted by Gasteiger charge is -2.09. The van der Waals surface area contributed by atoms with Crippen LogP contribution in [0.3, 0.4) is 0 Å². The SMILES string of the molecule is CC(CCl)CNc1ccncc1. The highest BCUT2D eigenvalue weighted by atomic mass is 35.5. The van der Waals surface area contributed by atoms with Gasteiger partial charge in [0.1, 0.15) is 0 Å². The molecule has 1 N–H and O–H groups in total. The monoisotopic (exact) mass is 184 g/mol. The summed E-state index contributed by atoms with van der Waals surface area (Å²) in [5, 5.41) is 3.27. The Morgan fingerprint density at radius 1 is 1.50 bits per heavy atom. The summed E-state index contributed by atoms with van der Waals surface area (Å²) in [7, 11) is 0. The molecule has 1 atom stereocenters. The van der Waals surface area contributed by atoms with Crippen LogP contribution in [-0.2, 0) is 0 Å². The first-order valence-corrected chi connectivity index (χ1v) is 4.56. The van der Waals surface area contributed by atoms with E-state index in [0.29, 0.717) is 11.8 Å². The predicted molar refractivity (Wildman–Crippen MR) is 52.6 cm³/mol. The molecule has 1 heterocycles. The molecule has 0 saturated heterocycles. The summed E-state index contributed by atoms with van der Waals surface area (Å²) < 4.78 is 0. The van der Waals surface area contributed by atoms with E-state index in [2.05, 4.69) is 17.2 Å². The molecule has 0 aliphatic rings. The summed E-state index contributed by atoms with van der Waals surface area (Å²) in [4.78, 5) is 3.93. The number of nitrogens with zero attached hydrogens (tertiary/aromatic N) is 1. The Morgan fingerprint density at radius 2 is 2.17 bits per heavy atom. The van der Waals surface area contributed by atoms with Crippen LogP contribution in [0.5, 0.6) is 0 Å². The normalized spacial score (nSPS) is 12.5. The topological polar surface area (TPSA) is 24.9 Å². The summed E-state index contributed by atoms with van der Waals surface area (Å²) in [6.45, 7) is 3.02. The van der Waals surface area contributed by atoms with Crippen LogP contribution < -0.4 is 5.32 Å². The molecular weight excluding hydrogens is 172 g/mol. The van der Waals surface area contributed by atoms with Crippen LogP contribution >= 0.6 is 11.6 Å². The fraction of sp³-hybridized carbons (Fsp3) is 0.444. The molecule has 66 valence electrons. The van der Waals surface area contributed by atoms with Crippen LogP contribution in [0.25, 0.3) is 0 Å². The minimum absolute atomic E-state index is 0.500. The van der Waals surface area contributed by atoms with Crippen molar-refractivity contribution in [3.05, 3.63) is 24.5 Å². The van der Waals surface area contributed by atoms with Crippen molar-refractivity contribution < 1.29 is 0 Å². The van der Waals surface area contributed by atoms with E-state index < -0.39 is 0 Å². The van der Waals surface area contributed by atoms with Crippen molar-refractivity contribution >= 4 is 17.3 Å². The second kappa shape index (κ2) is 4.99. The number of nitrogens with one attached hydrogen (secondary N) is 1. The molecule has 1 aromatic heterocycles. The molecule has 0 aliphatic carbocycles. The number of aromatic nitrogens is 1. The number of pyridine rings is 1. The zero-order valence-corrected chi connectivity index (χ0v) is 7.88. The number of hydrogen-bond donors (Lipinski definition) is 1. The molecule has 0 bridgehead atoms. The van der Waals surface area contributed by atoms with E-state index in [0.717, 1.165) is 12.2 Å². The van der Waals surface area contributed by atoms with Gasteiger partial charge in [0, 0.05) is 30.5 Å². The molecule has 1 aromatic rings. The Bertz CT molecular complexity index is 213. The van der Waals surface area contributed by atoms with Gasteiger partial charge in [0.05, 0.1) is 0 Å². The van der Waals surface area contributed by atoms with Crippen molar-refractivity contribution in [3.8, 4) is 0 Å². The standard InChI is InChI=1S/C9H13ClN2/c1-8(6-10)7-12-9-2-4-11-5-3-9/h2-5,8H,6-7H2,1H3,(H,11,12). The maximum absolute atomic E-state index is 5.67. The van der Waals surface area contributed by atoms with Crippen molar-refractivity contribution in [1.29, 1.82) is 0 Å². The maximum atomic E-state index is 5.67. The molecule has 3 heteroatoms.